The van der Waals surface area contributed by atoms with E-state index in [1.54, 1.807) is 4.90 Å². The van der Waals surface area contributed by atoms with E-state index in [4.69, 9.17) is 5.11 Å². The molecule has 1 atom stereocenters. The fourth-order valence-electron chi connectivity index (χ4n) is 2.08. The average Bonchev–Trinajstić information content (AvgIpc) is 2.64. The maximum absolute atomic E-state index is 11.9. The van der Waals surface area contributed by atoms with Gasteiger partial charge in [-0.3, -0.25) is 9.74 Å². The van der Waals surface area contributed by atoms with Crippen molar-refractivity contribution in [2.75, 3.05) is 11.5 Å². The van der Waals surface area contributed by atoms with Crippen LogP contribution in [0.25, 0.3) is 0 Å². The Bertz CT molecular complexity index is 475. The maximum atomic E-state index is 11.9. The summed E-state index contributed by atoms with van der Waals surface area (Å²) in [5.74, 6) is -1.13. The predicted molar refractivity (Wildman–Crippen MR) is 64.2 cm³/mol. The van der Waals surface area contributed by atoms with Gasteiger partial charge in [-0.25, -0.2) is 15.1 Å². The van der Waals surface area contributed by atoms with Crippen LogP contribution in [0, 0.1) is 0 Å². The highest BCUT2D eigenvalue weighted by molar-refractivity contribution is 5.94. The van der Waals surface area contributed by atoms with Crippen LogP contribution in [0.2, 0.25) is 0 Å². The van der Waals surface area contributed by atoms with Gasteiger partial charge < -0.3 is 5.11 Å². The van der Waals surface area contributed by atoms with Gasteiger partial charge in [0.25, 0.3) is 0 Å². The zero-order chi connectivity index (χ0) is 13.1. The highest BCUT2D eigenvalue weighted by Crippen LogP contribution is 2.31. The Balaban J connectivity index is 2.04. The number of urea groups is 1. The number of carboxylic acids is 1. The van der Waals surface area contributed by atoms with Crippen LogP contribution in [0.4, 0.5) is 10.5 Å². The summed E-state index contributed by atoms with van der Waals surface area (Å²) in [4.78, 5) is 28.3. The number of carboxylic acid groups (broad SMARTS) is 1. The fraction of sp³-hybridized carbons (Fsp3) is 0.333. The molecule has 1 aromatic rings. The Morgan fingerprint density at radius 3 is 2.94 bits per heavy atom. The van der Waals surface area contributed by atoms with Gasteiger partial charge in [-0.15, -0.1) is 0 Å². The molecule has 0 bridgehead atoms. The number of carbonyl (C=O) groups excluding carboxylic acids is 1. The standard InChI is InChI=1S/C12H14N2O4/c1-8-6-9-4-2-3-5-10(9)14(8)12(17)13-18-7-11(15)16/h2-5,8H,6-7H2,1H3,(H,13,17)(H,15,16). The van der Waals surface area contributed by atoms with Crippen LogP contribution in [0.3, 0.4) is 0 Å². The highest BCUT2D eigenvalue weighted by atomic mass is 16.7. The molecule has 1 heterocycles. The highest BCUT2D eigenvalue weighted by Gasteiger charge is 2.30. The lowest BCUT2D eigenvalue weighted by atomic mass is 10.1. The Morgan fingerprint density at radius 2 is 2.22 bits per heavy atom. The molecule has 0 saturated carbocycles. The summed E-state index contributed by atoms with van der Waals surface area (Å²) < 4.78 is 0. The first-order valence-corrected chi connectivity index (χ1v) is 5.60. The lowest BCUT2D eigenvalue weighted by Crippen LogP contribution is -2.43. The van der Waals surface area contributed by atoms with Gasteiger partial charge in [0, 0.05) is 11.7 Å². The van der Waals surface area contributed by atoms with Crippen LogP contribution in [-0.2, 0) is 16.1 Å². The molecule has 6 nitrogen and oxygen atoms in total. The third kappa shape index (κ3) is 2.43. The number of carbonyl (C=O) groups is 2. The van der Waals surface area contributed by atoms with Crippen molar-refractivity contribution in [3.63, 3.8) is 0 Å². The van der Waals surface area contributed by atoms with Crippen LogP contribution in [0.5, 0.6) is 0 Å². The number of para-hydroxylation sites is 1. The van der Waals surface area contributed by atoms with Crippen LogP contribution >= 0.6 is 0 Å². The average molecular weight is 250 g/mol. The lowest BCUT2D eigenvalue weighted by molar-refractivity contribution is -0.143. The number of nitrogens with one attached hydrogen (secondary N) is 1. The van der Waals surface area contributed by atoms with E-state index in [1.165, 1.54) is 0 Å². The number of benzene rings is 1. The molecular weight excluding hydrogens is 236 g/mol. The minimum absolute atomic E-state index is 0.0239. The van der Waals surface area contributed by atoms with E-state index in [1.807, 2.05) is 31.2 Å². The molecule has 0 aromatic heterocycles. The molecule has 0 radical (unpaired) electrons. The quantitative estimate of drug-likeness (QED) is 0.789. The Hall–Kier alpha value is -2.08. The molecule has 0 spiro atoms. The number of amides is 2. The van der Waals surface area contributed by atoms with E-state index in [0.717, 1.165) is 17.7 Å². The first-order chi connectivity index (χ1) is 8.59. The molecule has 96 valence electrons. The number of anilines is 1. The predicted octanol–water partition coefficient (Wildman–Crippen LogP) is 1.16. The van der Waals surface area contributed by atoms with Crippen LogP contribution < -0.4 is 10.4 Å². The Labute approximate surface area is 104 Å². The molecule has 1 unspecified atom stereocenters. The van der Waals surface area contributed by atoms with Crippen molar-refractivity contribution in [1.82, 2.24) is 5.48 Å². The summed E-state index contributed by atoms with van der Waals surface area (Å²) in [6, 6.07) is 7.18. The van der Waals surface area contributed by atoms with E-state index < -0.39 is 18.6 Å². The third-order valence-electron chi connectivity index (χ3n) is 2.78. The van der Waals surface area contributed by atoms with Crippen LogP contribution in [0.15, 0.2) is 24.3 Å². The lowest BCUT2D eigenvalue weighted by Gasteiger charge is -2.22. The fourth-order valence-corrected chi connectivity index (χ4v) is 2.08. The zero-order valence-electron chi connectivity index (χ0n) is 9.92. The zero-order valence-corrected chi connectivity index (χ0v) is 9.92. The first-order valence-electron chi connectivity index (χ1n) is 5.60. The molecule has 1 aromatic carbocycles. The normalized spacial score (nSPS) is 17.4. The molecule has 0 fully saturated rings. The van der Waals surface area contributed by atoms with Crippen LogP contribution in [-0.4, -0.2) is 29.8 Å². The minimum Gasteiger partial charge on any atom is -0.479 e. The molecule has 2 rings (SSSR count). The minimum atomic E-state index is -1.13. The number of nitrogens with zero attached hydrogens (tertiary/aromatic N) is 1. The van der Waals surface area contributed by atoms with Gasteiger partial charge in [-0.1, -0.05) is 18.2 Å². The molecule has 6 heteroatoms. The van der Waals surface area contributed by atoms with E-state index in [-0.39, 0.29) is 6.04 Å². The van der Waals surface area contributed by atoms with Crippen molar-refractivity contribution in [3.05, 3.63) is 29.8 Å². The number of aliphatic carboxylic acids is 1. The summed E-state index contributed by atoms with van der Waals surface area (Å²) in [5.41, 5.74) is 4.06. The van der Waals surface area contributed by atoms with E-state index in [9.17, 15) is 9.59 Å². The number of hydroxylamine groups is 1. The summed E-state index contributed by atoms with van der Waals surface area (Å²) in [6.45, 7) is 1.37. The van der Waals surface area contributed by atoms with Gasteiger partial charge >= 0.3 is 12.0 Å². The van der Waals surface area contributed by atoms with Gasteiger partial charge in [-0.2, -0.15) is 0 Å². The molecule has 0 aliphatic carbocycles. The van der Waals surface area contributed by atoms with E-state index in [2.05, 4.69) is 10.3 Å². The molecule has 2 amide bonds. The number of hydrogen-bond acceptors (Lipinski definition) is 3. The summed E-state index contributed by atoms with van der Waals surface area (Å²) in [7, 11) is 0. The molecule has 0 saturated heterocycles. The van der Waals surface area contributed by atoms with Crippen molar-refractivity contribution in [2.24, 2.45) is 0 Å². The second kappa shape index (κ2) is 5.05. The second-order valence-electron chi connectivity index (χ2n) is 4.14. The van der Waals surface area contributed by atoms with Gasteiger partial charge in [0.1, 0.15) is 0 Å². The van der Waals surface area contributed by atoms with Crippen molar-refractivity contribution in [3.8, 4) is 0 Å². The number of rotatable bonds is 3. The smallest absolute Gasteiger partial charge is 0.346 e. The summed E-state index contributed by atoms with van der Waals surface area (Å²) in [5, 5.41) is 8.41. The van der Waals surface area contributed by atoms with Crippen molar-refractivity contribution < 1.29 is 19.5 Å². The SMILES string of the molecule is CC1Cc2ccccc2N1C(=O)NOCC(=O)O. The first kappa shape index (κ1) is 12.4. The molecule has 1 aliphatic heterocycles. The molecule has 2 N–H and O–H groups in total. The summed E-state index contributed by atoms with van der Waals surface area (Å²) in [6.07, 6.45) is 0.780. The third-order valence-corrected chi connectivity index (χ3v) is 2.78. The number of fused-ring (bicyclic) bond motifs is 1. The van der Waals surface area contributed by atoms with Crippen molar-refractivity contribution in [1.29, 1.82) is 0 Å². The Morgan fingerprint density at radius 1 is 1.50 bits per heavy atom. The summed E-state index contributed by atoms with van der Waals surface area (Å²) >= 11 is 0. The van der Waals surface area contributed by atoms with Gasteiger partial charge in [0.05, 0.1) is 0 Å². The van der Waals surface area contributed by atoms with E-state index >= 15 is 0 Å². The monoisotopic (exact) mass is 250 g/mol. The second-order valence-corrected chi connectivity index (χ2v) is 4.14. The van der Waals surface area contributed by atoms with E-state index in [0.29, 0.717) is 0 Å². The maximum Gasteiger partial charge on any atom is 0.346 e. The molecular formula is C12H14N2O4. The largest absolute Gasteiger partial charge is 0.479 e. The number of hydrogen-bond donors (Lipinski definition) is 2. The van der Waals surface area contributed by atoms with Crippen molar-refractivity contribution in [2.45, 2.75) is 19.4 Å². The van der Waals surface area contributed by atoms with Gasteiger partial charge in [0.15, 0.2) is 6.61 Å². The molecule has 1 aliphatic rings. The topological polar surface area (TPSA) is 78.9 Å². The van der Waals surface area contributed by atoms with Gasteiger partial charge in [0.2, 0.25) is 0 Å². The Kier molecular flexibility index (Phi) is 3.47. The van der Waals surface area contributed by atoms with Crippen molar-refractivity contribution >= 4 is 17.7 Å². The van der Waals surface area contributed by atoms with Crippen LogP contribution in [0.1, 0.15) is 12.5 Å². The molecule has 18 heavy (non-hydrogen) atoms. The van der Waals surface area contributed by atoms with Gasteiger partial charge in [-0.05, 0) is 25.0 Å².